The number of nitriles is 1. The minimum absolute atomic E-state index is 0.0794. The molecule has 1 saturated heterocycles. The number of cyclic esters (lactones) is 1. The Morgan fingerprint density at radius 1 is 1.37 bits per heavy atom. The second-order valence-electron chi connectivity index (χ2n) is 7.32. The summed E-state index contributed by atoms with van der Waals surface area (Å²) in [4.78, 5) is 13.3. The highest BCUT2D eigenvalue weighted by Gasteiger charge is 2.56. The fourth-order valence-electron chi connectivity index (χ4n) is 2.99. The maximum absolute atomic E-state index is 13.8. The molecule has 1 aromatic carbocycles. The van der Waals surface area contributed by atoms with Crippen LogP contribution in [0.25, 0.3) is 0 Å². The molecule has 148 valence electrons. The van der Waals surface area contributed by atoms with Gasteiger partial charge in [0.1, 0.15) is 18.2 Å². The molecule has 1 aromatic rings. The molecule has 27 heavy (non-hydrogen) atoms. The molecule has 0 saturated carbocycles. The van der Waals surface area contributed by atoms with Gasteiger partial charge in [-0.1, -0.05) is 11.6 Å². The van der Waals surface area contributed by atoms with Crippen molar-refractivity contribution < 1.29 is 27.1 Å². The third-order valence-electron chi connectivity index (χ3n) is 4.11. The predicted octanol–water partition coefficient (Wildman–Crippen LogP) is 5.02. The standard InChI is InChI=1S/C17H20ClF3N2O3Si/c1-9-12(7-6-11(8-22)13(9)18)23-14(10(2)25-16(23)24)15(17(19,20)21)26-27(3,4)5/h6-7,10,14-15H,1-5H3/t10-,14-,15?/m1/s1. The summed E-state index contributed by atoms with van der Waals surface area (Å²) in [5.74, 6) is 0. The van der Waals surface area contributed by atoms with E-state index in [4.69, 9.17) is 26.0 Å². The summed E-state index contributed by atoms with van der Waals surface area (Å²) < 4.78 is 52.0. The summed E-state index contributed by atoms with van der Waals surface area (Å²) in [5.41, 5.74) is 0.647. The summed E-state index contributed by atoms with van der Waals surface area (Å²) >= 11 is 6.14. The van der Waals surface area contributed by atoms with Crippen molar-refractivity contribution in [3.8, 4) is 6.07 Å². The van der Waals surface area contributed by atoms with Crippen LogP contribution in [-0.4, -0.2) is 38.8 Å². The Morgan fingerprint density at radius 3 is 2.44 bits per heavy atom. The molecule has 0 aromatic heterocycles. The average Bonchev–Trinajstić information content (AvgIpc) is 2.80. The second-order valence-corrected chi connectivity index (χ2v) is 12.2. The minimum Gasteiger partial charge on any atom is -0.444 e. The van der Waals surface area contributed by atoms with Crippen LogP contribution in [0.3, 0.4) is 0 Å². The van der Waals surface area contributed by atoms with E-state index in [1.807, 2.05) is 6.07 Å². The zero-order chi connectivity index (χ0) is 20.7. The zero-order valence-electron chi connectivity index (χ0n) is 15.5. The van der Waals surface area contributed by atoms with Gasteiger partial charge in [0, 0.05) is 0 Å². The van der Waals surface area contributed by atoms with Crippen molar-refractivity contribution in [2.75, 3.05) is 4.90 Å². The van der Waals surface area contributed by atoms with Crippen LogP contribution in [-0.2, 0) is 9.16 Å². The summed E-state index contributed by atoms with van der Waals surface area (Å²) in [7, 11) is -2.60. The maximum atomic E-state index is 13.8. The summed E-state index contributed by atoms with van der Waals surface area (Å²) in [6.45, 7) is 7.86. The first-order valence-electron chi connectivity index (χ1n) is 8.21. The Hall–Kier alpha value is -1.76. The van der Waals surface area contributed by atoms with Gasteiger partial charge >= 0.3 is 12.3 Å². The van der Waals surface area contributed by atoms with Gasteiger partial charge in [-0.2, -0.15) is 18.4 Å². The van der Waals surface area contributed by atoms with Crippen molar-refractivity contribution in [2.45, 2.75) is 57.9 Å². The lowest BCUT2D eigenvalue weighted by atomic mass is 10.0. The Labute approximate surface area is 161 Å². The zero-order valence-corrected chi connectivity index (χ0v) is 17.3. The molecule has 0 N–H and O–H groups in total. The van der Waals surface area contributed by atoms with E-state index in [0.29, 0.717) is 5.56 Å². The van der Waals surface area contributed by atoms with Crippen LogP contribution >= 0.6 is 11.6 Å². The molecule has 0 aliphatic carbocycles. The highest BCUT2D eigenvalue weighted by Crippen LogP contribution is 2.40. The van der Waals surface area contributed by atoms with Gasteiger partial charge in [-0.3, -0.25) is 4.90 Å². The number of rotatable bonds is 4. The van der Waals surface area contributed by atoms with E-state index in [0.717, 1.165) is 4.90 Å². The molecular weight excluding hydrogens is 401 g/mol. The first-order chi connectivity index (χ1) is 12.3. The fraction of sp³-hybridized carbons (Fsp3) is 0.529. The number of hydrogen-bond acceptors (Lipinski definition) is 4. The van der Waals surface area contributed by atoms with E-state index in [1.54, 1.807) is 19.6 Å². The molecule has 1 heterocycles. The molecule has 5 nitrogen and oxygen atoms in total. The molecule has 1 aliphatic heterocycles. The van der Waals surface area contributed by atoms with Gasteiger partial charge in [0.25, 0.3) is 0 Å². The van der Waals surface area contributed by atoms with Crippen LogP contribution in [0.2, 0.25) is 24.7 Å². The lowest BCUT2D eigenvalue weighted by Crippen LogP contribution is -2.56. The van der Waals surface area contributed by atoms with Crippen LogP contribution < -0.4 is 4.90 Å². The second kappa shape index (κ2) is 7.34. The van der Waals surface area contributed by atoms with Crippen LogP contribution in [0.1, 0.15) is 18.1 Å². The van der Waals surface area contributed by atoms with Crippen molar-refractivity contribution >= 4 is 31.7 Å². The quantitative estimate of drug-likeness (QED) is 0.642. The fourth-order valence-corrected chi connectivity index (χ4v) is 4.23. The Morgan fingerprint density at radius 2 is 1.96 bits per heavy atom. The van der Waals surface area contributed by atoms with Crippen LogP contribution in [0.15, 0.2) is 12.1 Å². The number of hydrogen-bond donors (Lipinski definition) is 0. The Bertz CT molecular complexity index is 789. The van der Waals surface area contributed by atoms with Gasteiger partial charge in [0.2, 0.25) is 0 Å². The van der Waals surface area contributed by atoms with Crippen molar-refractivity contribution in [1.82, 2.24) is 0 Å². The molecule has 1 fully saturated rings. The van der Waals surface area contributed by atoms with E-state index in [9.17, 15) is 18.0 Å². The molecule has 10 heteroatoms. The van der Waals surface area contributed by atoms with Crippen LogP contribution in [0, 0.1) is 18.3 Å². The van der Waals surface area contributed by atoms with Gasteiger partial charge in [0.15, 0.2) is 14.4 Å². The SMILES string of the molecule is Cc1c(N2C(=O)O[C@H](C)[C@@H]2C(O[Si](C)(C)C)C(F)(F)F)ccc(C#N)c1Cl. The number of halogens is 4. The monoisotopic (exact) mass is 420 g/mol. The van der Waals surface area contributed by atoms with E-state index in [2.05, 4.69) is 0 Å². The van der Waals surface area contributed by atoms with E-state index < -0.39 is 38.8 Å². The molecule has 1 unspecified atom stereocenters. The Kier molecular flexibility index (Phi) is 5.85. The van der Waals surface area contributed by atoms with Gasteiger partial charge in [-0.15, -0.1) is 0 Å². The van der Waals surface area contributed by atoms with Gasteiger partial charge < -0.3 is 9.16 Å². The van der Waals surface area contributed by atoms with Crippen molar-refractivity contribution in [2.24, 2.45) is 0 Å². The van der Waals surface area contributed by atoms with Gasteiger partial charge in [-0.05, 0) is 51.2 Å². The van der Waals surface area contributed by atoms with Crippen LogP contribution in [0.5, 0.6) is 0 Å². The number of carbonyl (C=O) groups excluding carboxylic acids is 1. The average molecular weight is 421 g/mol. The van der Waals surface area contributed by atoms with Gasteiger partial charge in [0.05, 0.1) is 16.3 Å². The molecule has 0 bridgehead atoms. The van der Waals surface area contributed by atoms with Gasteiger partial charge in [-0.25, -0.2) is 4.79 Å². The lowest BCUT2D eigenvalue weighted by Gasteiger charge is -2.36. The van der Waals surface area contributed by atoms with Crippen molar-refractivity contribution in [3.05, 3.63) is 28.3 Å². The Balaban J connectivity index is 2.59. The topological polar surface area (TPSA) is 62.6 Å². The molecular formula is C17H20ClF3N2O3Si. The highest BCUT2D eigenvalue weighted by atomic mass is 35.5. The number of amides is 1. The van der Waals surface area contributed by atoms with Crippen LogP contribution in [0.4, 0.5) is 23.7 Å². The number of benzene rings is 1. The van der Waals surface area contributed by atoms with E-state index in [-0.39, 0.29) is 16.3 Å². The van der Waals surface area contributed by atoms with E-state index >= 15 is 0 Å². The van der Waals surface area contributed by atoms with Crippen molar-refractivity contribution in [1.29, 1.82) is 5.26 Å². The maximum Gasteiger partial charge on any atom is 0.415 e. The third-order valence-corrected chi connectivity index (χ3v) is 5.56. The number of anilines is 1. The smallest absolute Gasteiger partial charge is 0.415 e. The summed E-state index contributed by atoms with van der Waals surface area (Å²) in [6, 6.07) is 3.25. The molecule has 0 radical (unpaired) electrons. The number of nitrogens with zero attached hydrogens (tertiary/aromatic N) is 2. The molecule has 1 amide bonds. The first kappa shape index (κ1) is 21.5. The largest absolute Gasteiger partial charge is 0.444 e. The molecule has 2 rings (SSSR count). The van der Waals surface area contributed by atoms with E-state index in [1.165, 1.54) is 26.0 Å². The molecule has 0 spiro atoms. The summed E-state index contributed by atoms with van der Waals surface area (Å²) in [5, 5.41) is 9.14. The molecule has 1 aliphatic rings. The first-order valence-corrected chi connectivity index (χ1v) is 12.0. The van der Waals surface area contributed by atoms with Crippen molar-refractivity contribution in [3.63, 3.8) is 0 Å². The lowest BCUT2D eigenvalue weighted by molar-refractivity contribution is -0.206. The number of ether oxygens (including phenoxy) is 1. The normalized spacial score (nSPS) is 21.8. The highest BCUT2D eigenvalue weighted by molar-refractivity contribution is 6.69. The number of alkyl halides is 3. The molecule has 3 atom stereocenters. The minimum atomic E-state index is -4.70. The predicted molar refractivity (Wildman–Crippen MR) is 97.4 cm³/mol. The number of carbonyl (C=O) groups is 1. The summed E-state index contributed by atoms with van der Waals surface area (Å²) in [6.07, 6.45) is -8.87. The third kappa shape index (κ3) is 4.39.